The van der Waals surface area contributed by atoms with E-state index < -0.39 is 11.6 Å². The molecule has 0 saturated heterocycles. The molecule has 1 heterocycles. The molecule has 0 spiro atoms. The van der Waals surface area contributed by atoms with E-state index in [1.165, 1.54) is 0 Å². The van der Waals surface area contributed by atoms with E-state index in [0.29, 0.717) is 6.42 Å². The van der Waals surface area contributed by atoms with Gasteiger partial charge in [0.05, 0.1) is 12.0 Å². The third-order valence-electron chi connectivity index (χ3n) is 7.00. The number of cyclic esters (lactones) is 1. The van der Waals surface area contributed by atoms with Gasteiger partial charge in [-0.3, -0.25) is 0 Å². The van der Waals surface area contributed by atoms with Crippen LogP contribution in [0, 0.1) is 0 Å². The van der Waals surface area contributed by atoms with Gasteiger partial charge in [0, 0.05) is 5.92 Å². The van der Waals surface area contributed by atoms with E-state index in [4.69, 9.17) is 4.74 Å². The van der Waals surface area contributed by atoms with Crippen LogP contribution in [0.4, 0.5) is 0 Å². The highest BCUT2D eigenvalue weighted by Gasteiger charge is 2.42. The van der Waals surface area contributed by atoms with Gasteiger partial charge in [-0.1, -0.05) is 127 Å². The first-order valence-electron chi connectivity index (χ1n) is 12.7. The van der Waals surface area contributed by atoms with Crippen LogP contribution in [-0.4, -0.2) is 11.1 Å². The number of rotatable bonds is 8. The third-order valence-corrected chi connectivity index (χ3v) is 7.00. The van der Waals surface area contributed by atoms with Crippen LogP contribution in [0.2, 0.25) is 0 Å². The molecular weight excluding hydrogens is 456 g/mol. The summed E-state index contributed by atoms with van der Waals surface area (Å²) in [6, 6.07) is 40.2. The first-order chi connectivity index (χ1) is 18.1. The monoisotopic (exact) mass is 486 g/mol. The summed E-state index contributed by atoms with van der Waals surface area (Å²) in [5.41, 5.74) is 3.56. The molecule has 4 aromatic carbocycles. The SMILES string of the molecule is O=C1OC(CCc2ccccc2)(c2ccccc2)CC(O)=C1C=CC(c1ccccc1)c1ccccc1. The van der Waals surface area contributed by atoms with Gasteiger partial charge < -0.3 is 9.84 Å². The Balaban J connectivity index is 1.47. The van der Waals surface area contributed by atoms with Crippen molar-refractivity contribution < 1.29 is 14.6 Å². The van der Waals surface area contributed by atoms with E-state index in [0.717, 1.165) is 28.7 Å². The van der Waals surface area contributed by atoms with Gasteiger partial charge in [-0.15, -0.1) is 0 Å². The van der Waals surface area contributed by atoms with Gasteiger partial charge in [-0.25, -0.2) is 4.79 Å². The highest BCUT2D eigenvalue weighted by molar-refractivity contribution is 5.93. The van der Waals surface area contributed by atoms with E-state index in [1.54, 1.807) is 6.08 Å². The van der Waals surface area contributed by atoms with Crippen molar-refractivity contribution in [2.75, 3.05) is 0 Å². The lowest BCUT2D eigenvalue weighted by Crippen LogP contribution is -2.38. The summed E-state index contributed by atoms with van der Waals surface area (Å²) in [4.78, 5) is 13.4. The standard InChI is InChI=1S/C34H30O3/c35-32-25-34(29-19-11-4-12-20-29,24-23-26-13-5-1-6-14-26)37-33(36)31(32)22-21-30(27-15-7-2-8-16-27)28-17-9-3-10-18-28/h1-22,30,35H,23-25H2. The van der Waals surface area contributed by atoms with Crippen molar-refractivity contribution in [3.63, 3.8) is 0 Å². The van der Waals surface area contributed by atoms with Crippen LogP contribution in [0.3, 0.4) is 0 Å². The minimum Gasteiger partial charge on any atom is -0.511 e. The molecule has 1 atom stereocenters. The van der Waals surface area contributed by atoms with Crippen molar-refractivity contribution in [3.05, 3.63) is 167 Å². The van der Waals surface area contributed by atoms with Gasteiger partial charge in [-0.2, -0.15) is 0 Å². The fourth-order valence-electron chi connectivity index (χ4n) is 5.02. The molecule has 37 heavy (non-hydrogen) atoms. The van der Waals surface area contributed by atoms with Crippen LogP contribution in [-0.2, 0) is 21.6 Å². The molecular formula is C34H30O3. The fraction of sp³-hybridized carbons (Fsp3) is 0.147. The summed E-state index contributed by atoms with van der Waals surface area (Å²) in [6.45, 7) is 0. The van der Waals surface area contributed by atoms with Crippen LogP contribution in [0.1, 0.15) is 41.0 Å². The average molecular weight is 487 g/mol. The van der Waals surface area contributed by atoms with Gasteiger partial charge >= 0.3 is 5.97 Å². The Morgan fingerprint density at radius 1 is 0.757 bits per heavy atom. The molecule has 0 amide bonds. The minimum absolute atomic E-state index is 0.0595. The molecule has 0 aromatic heterocycles. The predicted molar refractivity (Wildman–Crippen MR) is 147 cm³/mol. The molecule has 1 aliphatic heterocycles. The summed E-state index contributed by atoms with van der Waals surface area (Å²) >= 11 is 0. The van der Waals surface area contributed by atoms with Crippen molar-refractivity contribution in [1.82, 2.24) is 0 Å². The van der Waals surface area contributed by atoms with Gasteiger partial charge in [0.1, 0.15) is 11.4 Å². The lowest BCUT2D eigenvalue weighted by molar-refractivity contribution is -0.160. The van der Waals surface area contributed by atoms with Crippen molar-refractivity contribution in [2.24, 2.45) is 0 Å². The second kappa shape index (κ2) is 11.1. The number of carbonyl (C=O) groups is 1. The first kappa shape index (κ1) is 24.3. The number of allylic oxidation sites excluding steroid dienone is 1. The molecule has 0 aliphatic carbocycles. The highest BCUT2D eigenvalue weighted by atomic mass is 16.6. The van der Waals surface area contributed by atoms with Gasteiger partial charge in [0.25, 0.3) is 0 Å². The second-order valence-electron chi connectivity index (χ2n) is 9.43. The van der Waals surface area contributed by atoms with Crippen LogP contribution >= 0.6 is 0 Å². The summed E-state index contributed by atoms with van der Waals surface area (Å²) in [7, 11) is 0. The third kappa shape index (κ3) is 5.57. The predicted octanol–water partition coefficient (Wildman–Crippen LogP) is 7.66. The van der Waals surface area contributed by atoms with Crippen LogP contribution in [0.5, 0.6) is 0 Å². The van der Waals surface area contributed by atoms with E-state index in [-0.39, 0.29) is 23.7 Å². The Kier molecular flexibility index (Phi) is 7.32. The Labute approximate surface area is 218 Å². The number of ether oxygens (including phenoxy) is 1. The zero-order chi connectivity index (χ0) is 25.5. The Morgan fingerprint density at radius 2 is 1.27 bits per heavy atom. The molecule has 0 fully saturated rings. The summed E-state index contributed by atoms with van der Waals surface area (Å²) in [6.07, 6.45) is 5.22. The highest BCUT2D eigenvalue weighted by Crippen LogP contribution is 2.42. The normalized spacial score (nSPS) is 17.8. The number of aliphatic hydroxyl groups excluding tert-OH is 1. The average Bonchev–Trinajstić information content (AvgIpc) is 2.95. The number of hydrogen-bond acceptors (Lipinski definition) is 3. The maximum absolute atomic E-state index is 13.4. The zero-order valence-electron chi connectivity index (χ0n) is 20.7. The van der Waals surface area contributed by atoms with Crippen molar-refractivity contribution >= 4 is 5.97 Å². The number of benzene rings is 4. The molecule has 4 aromatic rings. The van der Waals surface area contributed by atoms with Crippen LogP contribution in [0.15, 0.2) is 145 Å². The molecule has 3 nitrogen and oxygen atoms in total. The fourth-order valence-corrected chi connectivity index (χ4v) is 5.02. The lowest BCUT2D eigenvalue weighted by atomic mass is 9.81. The van der Waals surface area contributed by atoms with Crippen LogP contribution in [0.25, 0.3) is 0 Å². The molecule has 0 bridgehead atoms. The van der Waals surface area contributed by atoms with Gasteiger partial charge in [0.15, 0.2) is 0 Å². The molecule has 1 unspecified atom stereocenters. The van der Waals surface area contributed by atoms with E-state index in [9.17, 15) is 9.90 Å². The quantitative estimate of drug-likeness (QED) is 0.260. The molecule has 1 aliphatic rings. The van der Waals surface area contributed by atoms with Crippen molar-refractivity contribution in [1.29, 1.82) is 0 Å². The van der Waals surface area contributed by atoms with Crippen LogP contribution < -0.4 is 0 Å². The van der Waals surface area contributed by atoms with Gasteiger partial charge in [0.2, 0.25) is 0 Å². The molecule has 1 N–H and O–H groups in total. The Hall–Kier alpha value is -4.37. The smallest absolute Gasteiger partial charge is 0.342 e. The van der Waals surface area contributed by atoms with Crippen molar-refractivity contribution in [3.8, 4) is 0 Å². The number of hydrogen-bond donors (Lipinski definition) is 1. The summed E-state index contributed by atoms with van der Waals surface area (Å²) in [5.74, 6) is -0.504. The van der Waals surface area contributed by atoms with Crippen molar-refractivity contribution in [2.45, 2.75) is 30.8 Å². The first-order valence-corrected chi connectivity index (χ1v) is 12.7. The largest absolute Gasteiger partial charge is 0.511 e. The molecule has 0 saturated carbocycles. The number of carbonyl (C=O) groups excluding carboxylic acids is 1. The minimum atomic E-state index is -0.923. The van der Waals surface area contributed by atoms with Gasteiger partial charge in [-0.05, 0) is 41.2 Å². The molecule has 3 heteroatoms. The summed E-state index contributed by atoms with van der Waals surface area (Å²) in [5, 5.41) is 11.2. The maximum atomic E-state index is 13.4. The maximum Gasteiger partial charge on any atom is 0.342 e. The molecule has 184 valence electrons. The number of aliphatic hydroxyl groups is 1. The topological polar surface area (TPSA) is 46.5 Å². The molecule has 5 rings (SSSR count). The summed E-state index contributed by atoms with van der Waals surface area (Å²) < 4.78 is 6.20. The number of esters is 1. The Bertz CT molecular complexity index is 1340. The lowest BCUT2D eigenvalue weighted by Gasteiger charge is -2.37. The molecule has 0 radical (unpaired) electrons. The Morgan fingerprint density at radius 3 is 1.81 bits per heavy atom. The van der Waals surface area contributed by atoms with E-state index in [2.05, 4.69) is 36.4 Å². The van der Waals surface area contributed by atoms with E-state index in [1.807, 2.05) is 91.0 Å². The van der Waals surface area contributed by atoms with E-state index >= 15 is 0 Å². The second-order valence-corrected chi connectivity index (χ2v) is 9.43. The number of aryl methyl sites for hydroxylation is 1. The zero-order valence-corrected chi connectivity index (χ0v) is 20.7.